The van der Waals surface area contributed by atoms with Crippen LogP contribution in [-0.4, -0.2) is 16.9 Å². The molecular formula is C7H9O3. The van der Waals surface area contributed by atoms with Crippen molar-refractivity contribution in [1.82, 2.24) is 0 Å². The van der Waals surface area contributed by atoms with Gasteiger partial charge >= 0.3 is 5.97 Å². The summed E-state index contributed by atoms with van der Waals surface area (Å²) in [6, 6.07) is 0. The smallest absolute Gasteiger partial charge is 0.307 e. The van der Waals surface area contributed by atoms with Crippen LogP contribution in [0.15, 0.2) is 0 Å². The van der Waals surface area contributed by atoms with Crippen molar-refractivity contribution in [2.75, 3.05) is 0 Å². The molecule has 0 heterocycles. The van der Waals surface area contributed by atoms with Crippen molar-refractivity contribution in [3.05, 3.63) is 6.92 Å². The van der Waals surface area contributed by atoms with Gasteiger partial charge in [-0.15, -0.1) is 0 Å². The number of carboxylic acids is 1. The zero-order chi connectivity index (χ0) is 7.72. The fourth-order valence-corrected chi connectivity index (χ4v) is 1.18. The molecule has 1 rings (SSSR count). The summed E-state index contributed by atoms with van der Waals surface area (Å²) in [6.45, 7) is 3.19. The normalized spacial score (nSPS) is 30.9. The van der Waals surface area contributed by atoms with Gasteiger partial charge in [-0.1, -0.05) is 0 Å². The van der Waals surface area contributed by atoms with E-state index >= 15 is 0 Å². The SMILES string of the molecule is [CH2]C(=O)C1CCC1C(=O)O. The number of hydrogen-bond donors (Lipinski definition) is 1. The maximum absolute atomic E-state index is 10.6. The van der Waals surface area contributed by atoms with E-state index in [-0.39, 0.29) is 11.7 Å². The Morgan fingerprint density at radius 1 is 1.30 bits per heavy atom. The number of carboxylic acid groups (broad SMARTS) is 1. The van der Waals surface area contributed by atoms with Crippen LogP contribution in [0.4, 0.5) is 0 Å². The predicted octanol–water partition coefficient (Wildman–Crippen LogP) is 0.500. The first-order chi connectivity index (χ1) is 4.63. The third kappa shape index (κ3) is 1.03. The van der Waals surface area contributed by atoms with Crippen molar-refractivity contribution in [3.8, 4) is 0 Å². The Kier molecular flexibility index (Phi) is 1.74. The molecule has 0 saturated heterocycles. The zero-order valence-corrected chi connectivity index (χ0v) is 5.54. The van der Waals surface area contributed by atoms with Crippen molar-refractivity contribution < 1.29 is 14.7 Å². The van der Waals surface area contributed by atoms with E-state index in [2.05, 4.69) is 6.92 Å². The predicted molar refractivity (Wildman–Crippen MR) is 34.2 cm³/mol. The number of Topliss-reactive ketones (excluding diaryl/α,β-unsaturated/α-hetero) is 1. The summed E-state index contributed by atoms with van der Waals surface area (Å²) in [5.74, 6) is -1.87. The number of hydrogen-bond acceptors (Lipinski definition) is 2. The van der Waals surface area contributed by atoms with Crippen molar-refractivity contribution >= 4 is 11.8 Å². The Morgan fingerprint density at radius 2 is 1.80 bits per heavy atom. The Balaban J connectivity index is 2.51. The van der Waals surface area contributed by atoms with Gasteiger partial charge in [-0.2, -0.15) is 0 Å². The fraction of sp³-hybridized carbons (Fsp3) is 0.571. The van der Waals surface area contributed by atoms with Gasteiger partial charge in [-0.05, 0) is 12.8 Å². The second-order valence-electron chi connectivity index (χ2n) is 2.59. The Morgan fingerprint density at radius 3 is 1.90 bits per heavy atom. The second kappa shape index (κ2) is 2.40. The van der Waals surface area contributed by atoms with Gasteiger partial charge in [-0.3, -0.25) is 9.59 Å². The van der Waals surface area contributed by atoms with Crippen LogP contribution in [0.25, 0.3) is 0 Å². The molecule has 0 bridgehead atoms. The van der Waals surface area contributed by atoms with Gasteiger partial charge in [-0.25, -0.2) is 0 Å². The zero-order valence-electron chi connectivity index (χ0n) is 5.54. The Hall–Kier alpha value is -0.860. The first kappa shape index (κ1) is 7.25. The molecule has 0 amide bonds. The molecule has 0 aromatic carbocycles. The van der Waals surface area contributed by atoms with Gasteiger partial charge in [0.15, 0.2) is 0 Å². The Bertz CT molecular complexity index is 154. The van der Waals surface area contributed by atoms with Gasteiger partial charge in [0.05, 0.1) is 5.92 Å². The summed E-state index contributed by atoms with van der Waals surface area (Å²) in [5.41, 5.74) is 0. The summed E-state index contributed by atoms with van der Waals surface area (Å²) in [6.07, 6.45) is 1.32. The van der Waals surface area contributed by atoms with Gasteiger partial charge in [0.25, 0.3) is 0 Å². The minimum absolute atomic E-state index is 0.237. The van der Waals surface area contributed by atoms with Crippen LogP contribution in [0.5, 0.6) is 0 Å². The molecule has 1 saturated carbocycles. The first-order valence-electron chi connectivity index (χ1n) is 3.21. The average Bonchev–Trinajstić information content (AvgIpc) is 1.56. The molecule has 1 fully saturated rings. The fourth-order valence-electron chi connectivity index (χ4n) is 1.18. The van der Waals surface area contributed by atoms with E-state index in [4.69, 9.17) is 5.11 Å². The minimum Gasteiger partial charge on any atom is -0.481 e. The van der Waals surface area contributed by atoms with E-state index in [0.29, 0.717) is 12.8 Å². The lowest BCUT2D eigenvalue weighted by molar-refractivity contribution is -0.151. The highest BCUT2D eigenvalue weighted by atomic mass is 16.4. The van der Waals surface area contributed by atoms with Gasteiger partial charge in [0.1, 0.15) is 5.78 Å². The van der Waals surface area contributed by atoms with Crippen molar-refractivity contribution in [2.45, 2.75) is 12.8 Å². The maximum Gasteiger partial charge on any atom is 0.307 e. The number of rotatable bonds is 2. The standard InChI is InChI=1S/C7H9O3/c1-4(8)5-2-3-6(5)7(9)10/h5-6H,1-3H2,(H,9,10). The van der Waals surface area contributed by atoms with Gasteiger partial charge in [0.2, 0.25) is 0 Å². The molecule has 0 aromatic heterocycles. The molecule has 1 radical (unpaired) electrons. The second-order valence-corrected chi connectivity index (χ2v) is 2.59. The quantitative estimate of drug-likeness (QED) is 0.609. The largest absolute Gasteiger partial charge is 0.481 e. The number of carbonyl (C=O) groups excluding carboxylic acids is 1. The maximum atomic E-state index is 10.6. The molecular weight excluding hydrogens is 132 g/mol. The van der Waals surface area contributed by atoms with Crippen molar-refractivity contribution in [2.24, 2.45) is 11.8 Å². The molecule has 3 nitrogen and oxygen atoms in total. The highest BCUT2D eigenvalue weighted by Gasteiger charge is 2.39. The first-order valence-corrected chi connectivity index (χ1v) is 3.21. The van der Waals surface area contributed by atoms with Crippen LogP contribution in [0.1, 0.15) is 12.8 Å². The lowest BCUT2D eigenvalue weighted by atomic mass is 9.72. The van der Waals surface area contributed by atoms with Crippen LogP contribution in [0.3, 0.4) is 0 Å². The minimum atomic E-state index is -0.867. The molecule has 0 aliphatic heterocycles. The van der Waals surface area contributed by atoms with Crippen LogP contribution in [0.2, 0.25) is 0 Å². The van der Waals surface area contributed by atoms with Crippen LogP contribution < -0.4 is 0 Å². The lowest BCUT2D eigenvalue weighted by Crippen LogP contribution is -2.37. The number of ketones is 1. The van der Waals surface area contributed by atoms with E-state index in [1.807, 2.05) is 0 Å². The van der Waals surface area contributed by atoms with E-state index < -0.39 is 11.9 Å². The van der Waals surface area contributed by atoms with Crippen LogP contribution in [-0.2, 0) is 9.59 Å². The molecule has 0 aromatic rings. The number of carbonyl (C=O) groups is 2. The lowest BCUT2D eigenvalue weighted by Gasteiger charge is -2.30. The van der Waals surface area contributed by atoms with Crippen molar-refractivity contribution in [1.29, 1.82) is 0 Å². The summed E-state index contributed by atoms with van der Waals surface area (Å²) in [7, 11) is 0. The van der Waals surface area contributed by atoms with Gasteiger partial charge in [0, 0.05) is 12.8 Å². The number of aliphatic carboxylic acids is 1. The molecule has 55 valence electrons. The third-order valence-corrected chi connectivity index (χ3v) is 2.01. The Labute approximate surface area is 59.0 Å². The molecule has 3 heteroatoms. The third-order valence-electron chi connectivity index (χ3n) is 2.01. The van der Waals surface area contributed by atoms with Crippen molar-refractivity contribution in [3.63, 3.8) is 0 Å². The molecule has 0 spiro atoms. The summed E-state index contributed by atoms with van der Waals surface area (Å²) >= 11 is 0. The van der Waals surface area contributed by atoms with E-state index in [1.54, 1.807) is 0 Å². The molecule has 10 heavy (non-hydrogen) atoms. The van der Waals surface area contributed by atoms with Gasteiger partial charge < -0.3 is 5.11 Å². The van der Waals surface area contributed by atoms with E-state index in [0.717, 1.165) is 0 Å². The van der Waals surface area contributed by atoms with E-state index in [1.165, 1.54) is 0 Å². The molecule has 1 N–H and O–H groups in total. The van der Waals surface area contributed by atoms with E-state index in [9.17, 15) is 9.59 Å². The molecule has 2 atom stereocenters. The molecule has 1 aliphatic rings. The monoisotopic (exact) mass is 141 g/mol. The summed E-state index contributed by atoms with van der Waals surface area (Å²) in [5, 5.41) is 8.47. The topological polar surface area (TPSA) is 54.4 Å². The summed E-state index contributed by atoms with van der Waals surface area (Å²) in [4.78, 5) is 20.9. The molecule has 2 unspecified atom stereocenters. The average molecular weight is 141 g/mol. The summed E-state index contributed by atoms with van der Waals surface area (Å²) < 4.78 is 0. The van der Waals surface area contributed by atoms with Crippen LogP contribution >= 0.6 is 0 Å². The van der Waals surface area contributed by atoms with Crippen LogP contribution in [0, 0.1) is 18.8 Å². The highest BCUT2D eigenvalue weighted by molar-refractivity contribution is 5.90. The molecule has 1 aliphatic carbocycles. The highest BCUT2D eigenvalue weighted by Crippen LogP contribution is 2.34.